The van der Waals surface area contributed by atoms with Crippen LogP contribution in [0.2, 0.25) is 0 Å². The number of hydrogen-bond acceptors (Lipinski definition) is 1. The molecule has 0 radical (unpaired) electrons. The number of nitrogens with zero attached hydrogens (tertiary/aromatic N) is 1. The van der Waals surface area contributed by atoms with Crippen LogP contribution in [0.5, 0.6) is 0 Å². The van der Waals surface area contributed by atoms with Crippen LogP contribution in [-0.4, -0.2) is 12.5 Å². The Balaban J connectivity index is 2.31. The van der Waals surface area contributed by atoms with E-state index in [0.717, 1.165) is 6.54 Å². The molecule has 92 valence electrons. The molecule has 0 saturated heterocycles. The third-order valence-electron chi connectivity index (χ3n) is 3.76. The molecule has 17 heavy (non-hydrogen) atoms. The molecule has 3 heteroatoms. The maximum absolute atomic E-state index is 5.47. The molecule has 0 aromatic heterocycles. The zero-order valence-corrected chi connectivity index (χ0v) is 10.4. The van der Waals surface area contributed by atoms with Crippen molar-refractivity contribution in [3.8, 4) is 0 Å². The number of aliphatic imine (C=N–C) groups is 1. The molecular formula is C14H21N3. The lowest BCUT2D eigenvalue weighted by atomic mass is 9.78. The van der Waals surface area contributed by atoms with Crippen molar-refractivity contribution in [3.05, 3.63) is 35.4 Å². The SMILES string of the molecule is Cc1cccc(C2(CN=C(N)N)CCCC2)c1. The van der Waals surface area contributed by atoms with E-state index in [2.05, 4.69) is 36.2 Å². The van der Waals surface area contributed by atoms with Gasteiger partial charge in [0, 0.05) is 5.41 Å². The fourth-order valence-electron chi connectivity index (χ4n) is 2.81. The van der Waals surface area contributed by atoms with E-state index in [1.54, 1.807) is 0 Å². The van der Waals surface area contributed by atoms with Crippen LogP contribution in [0.1, 0.15) is 36.8 Å². The quantitative estimate of drug-likeness (QED) is 0.618. The molecule has 3 nitrogen and oxygen atoms in total. The molecule has 1 saturated carbocycles. The highest BCUT2D eigenvalue weighted by Gasteiger charge is 2.35. The van der Waals surface area contributed by atoms with Crippen molar-refractivity contribution in [3.63, 3.8) is 0 Å². The summed E-state index contributed by atoms with van der Waals surface area (Å²) in [4.78, 5) is 4.26. The number of rotatable bonds is 3. The lowest BCUT2D eigenvalue weighted by molar-refractivity contribution is 0.453. The van der Waals surface area contributed by atoms with Crippen LogP contribution in [0, 0.1) is 6.92 Å². The fraction of sp³-hybridized carbons (Fsp3) is 0.500. The van der Waals surface area contributed by atoms with Crippen LogP contribution in [0.4, 0.5) is 0 Å². The van der Waals surface area contributed by atoms with Gasteiger partial charge in [0.15, 0.2) is 5.96 Å². The first-order valence-electron chi connectivity index (χ1n) is 6.25. The van der Waals surface area contributed by atoms with Gasteiger partial charge >= 0.3 is 0 Å². The smallest absolute Gasteiger partial charge is 0.185 e. The summed E-state index contributed by atoms with van der Waals surface area (Å²) in [6, 6.07) is 8.74. The number of hydrogen-bond donors (Lipinski definition) is 2. The largest absolute Gasteiger partial charge is 0.370 e. The number of aryl methyl sites for hydroxylation is 1. The van der Waals surface area contributed by atoms with Gasteiger partial charge in [0.1, 0.15) is 0 Å². The molecule has 4 N–H and O–H groups in total. The average Bonchev–Trinajstić information content (AvgIpc) is 2.76. The second-order valence-corrected chi connectivity index (χ2v) is 5.10. The molecule has 1 aromatic carbocycles. The molecule has 1 fully saturated rings. The van der Waals surface area contributed by atoms with E-state index < -0.39 is 0 Å². The predicted octanol–water partition coefficient (Wildman–Crippen LogP) is 2.08. The highest BCUT2D eigenvalue weighted by atomic mass is 15.0. The first kappa shape index (κ1) is 12.0. The van der Waals surface area contributed by atoms with Gasteiger partial charge in [0.05, 0.1) is 6.54 Å². The maximum atomic E-state index is 5.47. The lowest BCUT2D eigenvalue weighted by Gasteiger charge is -2.28. The van der Waals surface area contributed by atoms with E-state index in [4.69, 9.17) is 11.5 Å². The minimum Gasteiger partial charge on any atom is -0.370 e. The Labute approximate surface area is 103 Å². The Morgan fingerprint density at radius 3 is 2.59 bits per heavy atom. The highest BCUT2D eigenvalue weighted by Crippen LogP contribution is 2.41. The third kappa shape index (κ3) is 2.60. The molecule has 1 aliphatic rings. The normalized spacial score (nSPS) is 17.9. The van der Waals surface area contributed by atoms with Crippen LogP contribution < -0.4 is 11.5 Å². The van der Waals surface area contributed by atoms with E-state index in [1.165, 1.54) is 36.8 Å². The molecule has 1 aromatic rings. The van der Waals surface area contributed by atoms with Crippen LogP contribution in [0.25, 0.3) is 0 Å². The van der Waals surface area contributed by atoms with E-state index in [9.17, 15) is 0 Å². The number of guanidine groups is 1. The van der Waals surface area contributed by atoms with Crippen molar-refractivity contribution in [2.45, 2.75) is 38.0 Å². The van der Waals surface area contributed by atoms with Gasteiger partial charge in [0.2, 0.25) is 0 Å². The van der Waals surface area contributed by atoms with Crippen molar-refractivity contribution in [1.29, 1.82) is 0 Å². The molecular weight excluding hydrogens is 210 g/mol. The highest BCUT2D eigenvalue weighted by molar-refractivity contribution is 5.75. The van der Waals surface area contributed by atoms with Crippen molar-refractivity contribution in [2.75, 3.05) is 6.54 Å². The van der Waals surface area contributed by atoms with Crippen molar-refractivity contribution in [1.82, 2.24) is 0 Å². The van der Waals surface area contributed by atoms with Crippen LogP contribution >= 0.6 is 0 Å². The van der Waals surface area contributed by atoms with E-state index >= 15 is 0 Å². The van der Waals surface area contributed by atoms with Gasteiger partial charge in [-0.2, -0.15) is 0 Å². The molecule has 0 aliphatic heterocycles. The van der Waals surface area contributed by atoms with Gasteiger partial charge in [-0.25, -0.2) is 0 Å². The minimum absolute atomic E-state index is 0.163. The Morgan fingerprint density at radius 1 is 1.29 bits per heavy atom. The summed E-state index contributed by atoms with van der Waals surface area (Å²) in [5.74, 6) is 0.198. The predicted molar refractivity (Wildman–Crippen MR) is 72.0 cm³/mol. The van der Waals surface area contributed by atoms with Gasteiger partial charge in [-0.1, -0.05) is 42.7 Å². The first-order chi connectivity index (χ1) is 8.12. The van der Waals surface area contributed by atoms with Crippen LogP contribution in [-0.2, 0) is 5.41 Å². The molecule has 0 spiro atoms. The molecule has 2 rings (SSSR count). The standard InChI is InChI=1S/C14H21N3/c1-11-5-4-6-12(9-11)14(7-2-3-8-14)10-17-13(15)16/h4-6,9H,2-3,7-8,10H2,1H3,(H4,15,16,17). The van der Waals surface area contributed by atoms with Gasteiger partial charge in [-0.15, -0.1) is 0 Å². The maximum Gasteiger partial charge on any atom is 0.185 e. The van der Waals surface area contributed by atoms with E-state index in [-0.39, 0.29) is 11.4 Å². The topological polar surface area (TPSA) is 64.4 Å². The van der Waals surface area contributed by atoms with Crippen molar-refractivity contribution >= 4 is 5.96 Å². The lowest BCUT2D eigenvalue weighted by Crippen LogP contribution is -2.30. The Bertz CT molecular complexity index is 413. The van der Waals surface area contributed by atoms with Gasteiger partial charge < -0.3 is 11.5 Å². The molecule has 0 bridgehead atoms. The summed E-state index contributed by atoms with van der Waals surface area (Å²) >= 11 is 0. The second-order valence-electron chi connectivity index (χ2n) is 5.10. The van der Waals surface area contributed by atoms with Crippen molar-refractivity contribution < 1.29 is 0 Å². The van der Waals surface area contributed by atoms with Gasteiger partial charge in [0.25, 0.3) is 0 Å². The van der Waals surface area contributed by atoms with E-state index in [0.29, 0.717) is 0 Å². The summed E-state index contributed by atoms with van der Waals surface area (Å²) in [6.45, 7) is 2.85. The fourth-order valence-corrected chi connectivity index (χ4v) is 2.81. The Morgan fingerprint density at radius 2 is 2.00 bits per heavy atom. The monoisotopic (exact) mass is 231 g/mol. The molecule has 0 atom stereocenters. The Hall–Kier alpha value is -1.51. The first-order valence-corrected chi connectivity index (χ1v) is 6.25. The molecule has 0 heterocycles. The summed E-state index contributed by atoms with van der Waals surface area (Å²) < 4.78 is 0. The van der Waals surface area contributed by atoms with Crippen LogP contribution in [0.15, 0.2) is 29.3 Å². The number of nitrogens with two attached hydrogens (primary N) is 2. The average molecular weight is 231 g/mol. The molecule has 0 amide bonds. The van der Waals surface area contributed by atoms with Crippen molar-refractivity contribution in [2.24, 2.45) is 16.5 Å². The Kier molecular flexibility index (Phi) is 3.36. The van der Waals surface area contributed by atoms with Gasteiger partial charge in [-0.05, 0) is 25.3 Å². The zero-order valence-electron chi connectivity index (χ0n) is 10.4. The molecule has 0 unspecified atom stereocenters. The number of benzene rings is 1. The molecule has 1 aliphatic carbocycles. The van der Waals surface area contributed by atoms with Crippen LogP contribution in [0.3, 0.4) is 0 Å². The van der Waals surface area contributed by atoms with Gasteiger partial charge in [-0.3, -0.25) is 4.99 Å². The summed E-state index contributed by atoms with van der Waals surface area (Å²) in [6.07, 6.45) is 4.92. The third-order valence-corrected chi connectivity index (χ3v) is 3.76. The summed E-state index contributed by atoms with van der Waals surface area (Å²) in [5.41, 5.74) is 13.8. The minimum atomic E-state index is 0.163. The summed E-state index contributed by atoms with van der Waals surface area (Å²) in [5, 5.41) is 0. The van der Waals surface area contributed by atoms with E-state index in [1.807, 2.05) is 0 Å². The zero-order chi connectivity index (χ0) is 12.3. The second kappa shape index (κ2) is 4.78. The summed E-state index contributed by atoms with van der Waals surface area (Å²) in [7, 11) is 0.